The average Bonchev–Trinajstić information content (AvgIpc) is 2.87. The molecule has 1 atom stereocenters. The van der Waals surface area contributed by atoms with E-state index in [4.69, 9.17) is 33.7 Å². The molecule has 0 saturated heterocycles. The maximum Gasteiger partial charge on any atom is 0.405 e. The first-order chi connectivity index (χ1) is 18.0. The number of Topliss-reactive ketones (excluding diaryl/α,β-unsaturated/α-hetero) is 1. The van der Waals surface area contributed by atoms with E-state index in [-0.39, 0.29) is 39.6 Å². The Morgan fingerprint density at radius 1 is 1.05 bits per heavy atom. The Morgan fingerprint density at radius 2 is 1.68 bits per heavy atom. The molecule has 1 saturated carbocycles. The first-order valence-electron chi connectivity index (χ1n) is 12.2. The van der Waals surface area contributed by atoms with Crippen molar-refractivity contribution >= 4 is 57.6 Å². The van der Waals surface area contributed by atoms with E-state index < -0.39 is 12.2 Å². The maximum atomic E-state index is 12.5. The largest absolute Gasteiger partial charge is 0.505 e. The summed E-state index contributed by atoms with van der Waals surface area (Å²) >= 11 is 12.3. The monoisotopic (exact) mass is 558 g/mol. The number of nitrogens with one attached hydrogen (secondary N) is 2. The second kappa shape index (κ2) is 11.4. The van der Waals surface area contributed by atoms with Gasteiger partial charge in [0.1, 0.15) is 0 Å². The third-order valence-electron chi connectivity index (χ3n) is 6.68. The number of halogens is 2. The van der Waals surface area contributed by atoms with Crippen LogP contribution in [0.3, 0.4) is 0 Å². The van der Waals surface area contributed by atoms with E-state index in [0.717, 1.165) is 23.8 Å². The summed E-state index contributed by atoms with van der Waals surface area (Å²) in [6, 6.07) is 8.92. The van der Waals surface area contributed by atoms with Gasteiger partial charge < -0.3 is 26.2 Å². The molecule has 4 rings (SSSR count). The lowest BCUT2D eigenvalue weighted by molar-refractivity contribution is -0.129. The maximum absolute atomic E-state index is 12.5. The number of ether oxygens (including phenoxy) is 1. The highest BCUT2D eigenvalue weighted by Crippen LogP contribution is 2.38. The van der Waals surface area contributed by atoms with Gasteiger partial charge in [-0.05, 0) is 74.9 Å². The molecule has 0 aliphatic heterocycles. The zero-order valence-corrected chi connectivity index (χ0v) is 22.4. The minimum atomic E-state index is -0.994. The highest BCUT2D eigenvalue weighted by molar-refractivity contribution is 6.37. The number of nitrogens with two attached hydrogens (primary N) is 1. The summed E-state index contributed by atoms with van der Waals surface area (Å²) < 4.78 is 4.74. The van der Waals surface area contributed by atoms with Crippen LogP contribution in [-0.2, 0) is 9.53 Å². The van der Waals surface area contributed by atoms with Gasteiger partial charge in [-0.25, -0.2) is 4.79 Å². The van der Waals surface area contributed by atoms with E-state index in [1.54, 1.807) is 18.3 Å². The Bertz CT molecular complexity index is 1380. The summed E-state index contributed by atoms with van der Waals surface area (Å²) in [6.07, 6.45) is 2.54. The summed E-state index contributed by atoms with van der Waals surface area (Å²) in [4.78, 5) is 40.1. The minimum absolute atomic E-state index is 0.0588. The number of ketones is 1. The number of carbonyl (C=O) groups is 3. The van der Waals surface area contributed by atoms with Gasteiger partial charge in [0.25, 0.3) is 5.91 Å². The molecule has 0 radical (unpaired) electrons. The van der Waals surface area contributed by atoms with Crippen molar-refractivity contribution in [3.63, 3.8) is 0 Å². The van der Waals surface area contributed by atoms with E-state index in [2.05, 4.69) is 15.6 Å². The third kappa shape index (κ3) is 6.11. The second-order valence-corrected chi connectivity index (χ2v) is 10.2. The number of amides is 2. The van der Waals surface area contributed by atoms with Crippen molar-refractivity contribution in [2.45, 2.75) is 57.7 Å². The predicted octanol–water partition coefficient (Wildman–Crippen LogP) is 5.44. The number of benzene rings is 2. The zero-order chi connectivity index (χ0) is 27.6. The molecule has 3 aromatic rings. The normalized spacial score (nSPS) is 18.0. The van der Waals surface area contributed by atoms with E-state index in [9.17, 15) is 19.5 Å². The molecule has 1 unspecified atom stereocenters. The number of carbonyl (C=O) groups excluding carboxylic acids is 3. The lowest BCUT2D eigenvalue weighted by Gasteiger charge is -2.31. The van der Waals surface area contributed by atoms with Crippen LogP contribution in [0.4, 0.5) is 10.5 Å². The van der Waals surface area contributed by atoms with Gasteiger partial charge in [0.15, 0.2) is 17.6 Å². The van der Waals surface area contributed by atoms with E-state index in [1.807, 2.05) is 18.2 Å². The van der Waals surface area contributed by atoms with Crippen LogP contribution in [0.1, 0.15) is 49.9 Å². The van der Waals surface area contributed by atoms with Crippen LogP contribution < -0.4 is 16.4 Å². The fraction of sp³-hybridized carbons (Fsp3) is 0.333. The molecular formula is C27H28Cl2N4O5. The Balaban J connectivity index is 1.56. The van der Waals surface area contributed by atoms with E-state index >= 15 is 0 Å². The number of phenols is 1. The Hall–Kier alpha value is -3.56. The van der Waals surface area contributed by atoms with Gasteiger partial charge in [-0.3, -0.25) is 14.6 Å². The fourth-order valence-corrected chi connectivity index (χ4v) is 5.15. The molecule has 2 aromatic carbocycles. The summed E-state index contributed by atoms with van der Waals surface area (Å²) in [5.41, 5.74) is 8.38. The van der Waals surface area contributed by atoms with Crippen molar-refractivity contribution in [3.05, 3.63) is 52.1 Å². The standard InChI is InChI=1S/C27H28Cl2N4O5/c1-13(34)20-12-31-23-8-3-15(16-10-21(28)25(35)22(29)11-16)9-19(23)24(20)32-17-4-6-18(7-5-17)33-26(36)14(2)38-27(30)37/h3,8-12,14,17-18,35H,4-7H2,1-2H3,(H2,30,37)(H,31,32)(H,33,36). The summed E-state index contributed by atoms with van der Waals surface area (Å²) in [6.45, 7) is 2.97. The number of anilines is 1. The smallest absolute Gasteiger partial charge is 0.405 e. The number of pyridine rings is 1. The fourth-order valence-electron chi connectivity index (χ4n) is 4.66. The van der Waals surface area contributed by atoms with Gasteiger partial charge in [0.05, 0.1) is 26.8 Å². The van der Waals surface area contributed by atoms with Crippen LogP contribution in [0, 0.1) is 0 Å². The number of nitrogens with zero attached hydrogens (tertiary/aromatic N) is 1. The van der Waals surface area contributed by atoms with Crippen molar-refractivity contribution in [2.24, 2.45) is 5.73 Å². The quantitative estimate of drug-likeness (QED) is 0.282. The highest BCUT2D eigenvalue weighted by Gasteiger charge is 2.26. The Labute approximate surface area is 229 Å². The molecule has 1 aliphatic rings. The van der Waals surface area contributed by atoms with Gasteiger partial charge in [-0.15, -0.1) is 0 Å². The number of fused-ring (bicyclic) bond motifs is 1. The van der Waals surface area contributed by atoms with Gasteiger partial charge in [-0.1, -0.05) is 29.3 Å². The summed E-state index contributed by atoms with van der Waals surface area (Å²) in [5.74, 6) is -0.684. The molecule has 0 spiro atoms. The molecule has 38 heavy (non-hydrogen) atoms. The number of hydrogen-bond donors (Lipinski definition) is 4. The van der Waals surface area contributed by atoms with Crippen molar-refractivity contribution in [1.82, 2.24) is 10.3 Å². The first kappa shape index (κ1) is 27.5. The van der Waals surface area contributed by atoms with Crippen LogP contribution in [0.15, 0.2) is 36.5 Å². The molecule has 9 nitrogen and oxygen atoms in total. The first-order valence-corrected chi connectivity index (χ1v) is 12.9. The van der Waals surface area contributed by atoms with Crippen LogP contribution in [-0.4, -0.2) is 46.1 Å². The van der Waals surface area contributed by atoms with Crippen molar-refractivity contribution in [3.8, 4) is 16.9 Å². The average molecular weight is 559 g/mol. The number of aromatic hydroxyl groups is 1. The SMILES string of the molecule is CC(=O)c1cnc2ccc(-c3cc(Cl)c(O)c(Cl)c3)cc2c1NC1CCC(NC(=O)C(C)OC(N)=O)CC1. The van der Waals surface area contributed by atoms with Crippen LogP contribution in [0.2, 0.25) is 10.0 Å². The van der Waals surface area contributed by atoms with Crippen LogP contribution in [0.5, 0.6) is 5.75 Å². The molecule has 1 aromatic heterocycles. The number of rotatable bonds is 7. The lowest BCUT2D eigenvalue weighted by atomic mass is 9.90. The summed E-state index contributed by atoms with van der Waals surface area (Å²) in [7, 11) is 0. The summed E-state index contributed by atoms with van der Waals surface area (Å²) in [5, 5.41) is 17.4. The molecule has 1 aliphatic carbocycles. The lowest BCUT2D eigenvalue weighted by Crippen LogP contribution is -2.45. The molecule has 11 heteroatoms. The topological polar surface area (TPSA) is 144 Å². The van der Waals surface area contributed by atoms with Crippen molar-refractivity contribution in [2.75, 3.05) is 5.32 Å². The molecule has 0 bridgehead atoms. The van der Waals surface area contributed by atoms with Gasteiger partial charge in [0, 0.05) is 23.7 Å². The molecule has 5 N–H and O–H groups in total. The molecule has 1 fully saturated rings. The second-order valence-electron chi connectivity index (χ2n) is 9.40. The Kier molecular flexibility index (Phi) is 8.28. The minimum Gasteiger partial charge on any atom is -0.505 e. The predicted molar refractivity (Wildman–Crippen MR) is 147 cm³/mol. The zero-order valence-electron chi connectivity index (χ0n) is 20.9. The molecular weight excluding hydrogens is 531 g/mol. The van der Waals surface area contributed by atoms with E-state index in [1.165, 1.54) is 13.8 Å². The number of primary amides is 1. The highest BCUT2D eigenvalue weighted by atomic mass is 35.5. The number of aromatic nitrogens is 1. The molecule has 1 heterocycles. The van der Waals surface area contributed by atoms with Crippen LogP contribution in [0.25, 0.3) is 22.0 Å². The van der Waals surface area contributed by atoms with Gasteiger partial charge >= 0.3 is 6.09 Å². The molecule has 200 valence electrons. The number of phenolic OH excluding ortho intramolecular Hbond substituents is 1. The van der Waals surface area contributed by atoms with E-state index in [0.29, 0.717) is 35.2 Å². The van der Waals surface area contributed by atoms with Crippen molar-refractivity contribution in [1.29, 1.82) is 0 Å². The number of hydrogen-bond acceptors (Lipinski definition) is 7. The van der Waals surface area contributed by atoms with Crippen LogP contribution >= 0.6 is 23.2 Å². The van der Waals surface area contributed by atoms with Gasteiger partial charge in [0.2, 0.25) is 0 Å². The third-order valence-corrected chi connectivity index (χ3v) is 7.26. The molecule has 2 amide bonds. The van der Waals surface area contributed by atoms with Crippen molar-refractivity contribution < 1.29 is 24.2 Å². The van der Waals surface area contributed by atoms with Gasteiger partial charge in [-0.2, -0.15) is 0 Å². The Morgan fingerprint density at radius 3 is 2.29 bits per heavy atom.